The maximum Gasteiger partial charge on any atom is 0.0547 e. The molecule has 0 bridgehead atoms. The molecule has 556 valence electrons. The Kier molecular flexibility index (Phi) is 14.9. The van der Waals surface area contributed by atoms with Gasteiger partial charge < -0.3 is 18.9 Å². The summed E-state index contributed by atoms with van der Waals surface area (Å²) in [4.78, 5) is 4.69. The summed E-state index contributed by atoms with van der Waals surface area (Å²) in [6.45, 7) is 4.70. The van der Waals surface area contributed by atoms with E-state index in [1.807, 2.05) is 22.7 Å². The van der Waals surface area contributed by atoms with Crippen LogP contribution in [0.25, 0.3) is 195 Å². The normalized spacial score (nSPS) is 12.7. The van der Waals surface area contributed by atoms with Crippen LogP contribution in [0.15, 0.2) is 400 Å². The Balaban J connectivity index is 0.000000134. The van der Waals surface area contributed by atoms with Crippen LogP contribution in [-0.4, -0.2) is 9.13 Å². The standard InChI is InChI=1S/C61H40N2S.C52H32N2S/c1-61(2)52-19-8-6-15-44(52)45-32-31-43(34-53(45)61)62(40-13-4-3-5-14-40)41-27-22-37(23-28-41)38-24-29-42(30-25-38)63-54-20-11-18-48-50-36-57-51(46-16-7-9-21-56(46)64-57)35-49(50)47-17-10-12-39-26-33-55(63)60(58(39)47)59(48)54;1-3-12-36(13-4-1)53(37-14-5-2-6-15-37)38-26-21-33(22-27-38)34-23-28-39(29-24-34)54-46-19-10-18-42-44-32-49-45(40-16-7-8-20-48(40)55-49)31-43(44)41-17-9-11-35-25-30-47(54)52(50(35)41)51(42)46/h3-36H,1-2H3;1-32H. The summed E-state index contributed by atoms with van der Waals surface area (Å²) >= 11 is 3.79. The molecule has 0 saturated heterocycles. The lowest BCUT2D eigenvalue weighted by molar-refractivity contribution is 0.660. The molecule has 4 nitrogen and oxygen atoms in total. The van der Waals surface area contributed by atoms with Gasteiger partial charge in [0.2, 0.25) is 0 Å². The number of aromatic nitrogens is 2. The van der Waals surface area contributed by atoms with Crippen molar-refractivity contribution < 1.29 is 0 Å². The topological polar surface area (TPSA) is 16.3 Å². The lowest BCUT2D eigenvalue weighted by Gasteiger charge is -2.28. The fourth-order valence-electron chi connectivity index (χ4n) is 20.4. The first-order valence-electron chi connectivity index (χ1n) is 41.1. The molecule has 119 heavy (non-hydrogen) atoms. The second kappa shape index (κ2) is 26.2. The molecule has 0 aliphatic heterocycles. The lowest BCUT2D eigenvalue weighted by atomic mass is 9.82. The zero-order valence-corrected chi connectivity index (χ0v) is 66.8. The third-order valence-corrected chi connectivity index (χ3v) is 28.1. The van der Waals surface area contributed by atoms with Crippen molar-refractivity contribution in [3.05, 3.63) is 412 Å². The van der Waals surface area contributed by atoms with Crippen LogP contribution in [0.4, 0.5) is 34.1 Å². The fourth-order valence-corrected chi connectivity index (χ4v) is 22.7. The number of para-hydroxylation sites is 3. The first-order chi connectivity index (χ1) is 58.8. The molecule has 0 atom stereocenters. The van der Waals surface area contributed by atoms with E-state index in [1.54, 1.807) is 0 Å². The lowest BCUT2D eigenvalue weighted by Crippen LogP contribution is -2.16. The summed E-state index contributed by atoms with van der Waals surface area (Å²) in [5, 5.41) is 15.9. The van der Waals surface area contributed by atoms with Crippen LogP contribution in [0.1, 0.15) is 25.0 Å². The van der Waals surface area contributed by atoms with Gasteiger partial charge in [0, 0.05) is 113 Å². The van der Waals surface area contributed by atoms with Crippen LogP contribution in [0.5, 0.6) is 0 Å². The molecule has 0 fully saturated rings. The van der Waals surface area contributed by atoms with Crippen LogP contribution < -0.4 is 9.80 Å². The summed E-state index contributed by atoms with van der Waals surface area (Å²) in [6.07, 6.45) is 0. The predicted octanol–water partition coefficient (Wildman–Crippen LogP) is 32.5. The van der Waals surface area contributed by atoms with E-state index in [4.69, 9.17) is 0 Å². The van der Waals surface area contributed by atoms with Gasteiger partial charge in [-0.15, -0.1) is 22.7 Å². The third kappa shape index (κ3) is 10.3. The zero-order chi connectivity index (χ0) is 78.3. The van der Waals surface area contributed by atoms with E-state index in [-0.39, 0.29) is 5.41 Å². The van der Waals surface area contributed by atoms with Gasteiger partial charge in [0.1, 0.15) is 0 Å². The Morgan fingerprint density at radius 1 is 0.210 bits per heavy atom. The molecule has 3 aliphatic carbocycles. The maximum atomic E-state index is 2.48. The van der Waals surface area contributed by atoms with Crippen molar-refractivity contribution in [1.29, 1.82) is 0 Å². The Morgan fingerprint density at radius 2 is 0.555 bits per heavy atom. The van der Waals surface area contributed by atoms with Gasteiger partial charge in [-0.05, 0) is 268 Å². The molecule has 23 aromatic rings. The summed E-state index contributed by atoms with van der Waals surface area (Å²) < 4.78 is 10.3. The van der Waals surface area contributed by atoms with Crippen molar-refractivity contribution in [2.75, 3.05) is 9.80 Å². The highest BCUT2D eigenvalue weighted by Gasteiger charge is 2.36. The molecule has 0 amide bonds. The van der Waals surface area contributed by atoms with Crippen molar-refractivity contribution >= 4 is 162 Å². The van der Waals surface area contributed by atoms with E-state index in [1.165, 1.54) is 195 Å². The Hall–Kier alpha value is -14.7. The highest BCUT2D eigenvalue weighted by Crippen LogP contribution is 2.56. The van der Waals surface area contributed by atoms with Crippen molar-refractivity contribution in [2.45, 2.75) is 19.3 Å². The minimum atomic E-state index is -0.0769. The van der Waals surface area contributed by atoms with Crippen LogP contribution >= 0.6 is 22.7 Å². The van der Waals surface area contributed by atoms with Crippen molar-refractivity contribution in [3.8, 4) is 89.3 Å². The molecule has 4 aromatic heterocycles. The van der Waals surface area contributed by atoms with Gasteiger partial charge in [-0.3, -0.25) is 0 Å². The maximum absolute atomic E-state index is 2.48. The highest BCUT2D eigenvalue weighted by atomic mass is 32.1. The van der Waals surface area contributed by atoms with Crippen LogP contribution in [0, 0.1) is 0 Å². The van der Waals surface area contributed by atoms with Crippen molar-refractivity contribution in [3.63, 3.8) is 0 Å². The van der Waals surface area contributed by atoms with Gasteiger partial charge in [0.15, 0.2) is 0 Å². The van der Waals surface area contributed by atoms with Crippen molar-refractivity contribution in [1.82, 2.24) is 9.13 Å². The van der Waals surface area contributed by atoms with Crippen molar-refractivity contribution in [2.24, 2.45) is 0 Å². The molecular weight excluding hydrogens is 1480 g/mol. The molecule has 0 unspecified atom stereocenters. The van der Waals surface area contributed by atoms with Gasteiger partial charge in [0.05, 0.1) is 22.1 Å². The molecule has 6 heteroatoms. The second-order valence-electron chi connectivity index (χ2n) is 32.5. The number of nitrogens with zero attached hydrogens (tertiary/aromatic N) is 4. The minimum absolute atomic E-state index is 0.0769. The minimum Gasteiger partial charge on any atom is -0.311 e. The molecule has 0 spiro atoms. The first kappa shape index (κ1) is 67.6. The number of anilines is 6. The molecule has 0 N–H and O–H groups in total. The van der Waals surface area contributed by atoms with Gasteiger partial charge in [-0.1, -0.05) is 257 Å². The van der Waals surface area contributed by atoms with E-state index >= 15 is 0 Å². The number of hydrogen-bond donors (Lipinski definition) is 0. The Labute approximate surface area is 696 Å². The average Bonchev–Trinajstić information content (AvgIpc) is 1.54. The molecule has 4 heterocycles. The molecule has 26 rings (SSSR count). The summed E-state index contributed by atoms with van der Waals surface area (Å²) in [5.74, 6) is 0. The van der Waals surface area contributed by atoms with E-state index in [9.17, 15) is 0 Å². The predicted molar refractivity (Wildman–Crippen MR) is 509 cm³/mol. The third-order valence-electron chi connectivity index (χ3n) is 25.8. The van der Waals surface area contributed by atoms with E-state index in [0.29, 0.717) is 0 Å². The number of hydrogen-bond acceptors (Lipinski definition) is 4. The molecular formula is C113H72N4S2. The van der Waals surface area contributed by atoms with Gasteiger partial charge in [0.25, 0.3) is 0 Å². The monoisotopic (exact) mass is 1550 g/mol. The summed E-state index contributed by atoms with van der Waals surface area (Å²) in [7, 11) is 0. The van der Waals surface area contributed by atoms with Crippen LogP contribution in [-0.2, 0) is 5.41 Å². The zero-order valence-electron chi connectivity index (χ0n) is 65.2. The number of fused-ring (bicyclic) bond motifs is 15. The summed E-state index contributed by atoms with van der Waals surface area (Å²) in [5.41, 5.74) is 34.7. The smallest absolute Gasteiger partial charge is 0.0547 e. The van der Waals surface area contributed by atoms with Crippen LogP contribution in [0.3, 0.4) is 0 Å². The van der Waals surface area contributed by atoms with Gasteiger partial charge in [-0.2, -0.15) is 0 Å². The molecule has 19 aromatic carbocycles. The highest BCUT2D eigenvalue weighted by molar-refractivity contribution is 7.26. The first-order valence-corrected chi connectivity index (χ1v) is 42.7. The van der Waals surface area contributed by atoms with Gasteiger partial charge >= 0.3 is 0 Å². The van der Waals surface area contributed by atoms with Crippen LogP contribution in [0.2, 0.25) is 0 Å². The SMILES string of the molecule is CC1(C)c2ccccc2-c2ccc(N(c3ccccc3)c3ccc(-c4ccc(-n5c6cccc7c6c6c8c(cccc8ccc65)-c5cc6c(cc5-7)sc5ccccc56)cc4)cc3)cc21.c1ccc(N(c2ccccc2)c2ccc(-c3ccc(-n4c5cccc6c5c5c7c(cccc7ccc54)-c4cc5c(cc4-6)sc4ccccc45)cc3)cc2)cc1. The number of benzene rings is 19. The molecule has 0 radical (unpaired) electrons. The Bertz CT molecular complexity index is 8110. The second-order valence-corrected chi connectivity index (χ2v) is 34.7. The number of thiophene rings is 2. The quantitative estimate of drug-likeness (QED) is 0.136. The van der Waals surface area contributed by atoms with E-state index in [0.717, 1.165) is 45.5 Å². The summed E-state index contributed by atoms with van der Waals surface area (Å²) in [6, 6.07) is 148. The molecule has 0 saturated carbocycles. The van der Waals surface area contributed by atoms with E-state index in [2.05, 4.69) is 433 Å². The average molecular weight is 1550 g/mol. The fraction of sp³-hybridized carbons (Fsp3) is 0.0265. The van der Waals surface area contributed by atoms with E-state index < -0.39 is 0 Å². The molecule has 3 aliphatic rings. The largest absolute Gasteiger partial charge is 0.311 e. The van der Waals surface area contributed by atoms with Gasteiger partial charge in [-0.25, -0.2) is 0 Å². The Morgan fingerprint density at radius 3 is 1.02 bits per heavy atom. The number of rotatable bonds is 10.